The predicted octanol–water partition coefficient (Wildman–Crippen LogP) is 2.10. The zero-order valence-electron chi connectivity index (χ0n) is 16.8. The number of pyridine rings is 1. The standard InChI is InChI=1S/C19H26N4O4S2/c1-4-23(5-2)29(26,27)14-7-9-18(25)22(11-14)12-17(24)21-19-20-15-8-6-13(3)10-16(15)28-19/h7,9,11,13H,4-6,8,10,12H2,1-3H3,(H,20,21,24). The lowest BCUT2D eigenvalue weighted by Crippen LogP contribution is -2.33. The summed E-state index contributed by atoms with van der Waals surface area (Å²) in [7, 11) is -3.71. The molecule has 8 nitrogen and oxygen atoms in total. The molecule has 2 aromatic heterocycles. The van der Waals surface area contributed by atoms with Crippen LogP contribution in [0.5, 0.6) is 0 Å². The van der Waals surface area contributed by atoms with E-state index in [0.29, 0.717) is 24.1 Å². The minimum atomic E-state index is -3.71. The first-order valence-electron chi connectivity index (χ1n) is 9.73. The Morgan fingerprint density at radius 1 is 1.34 bits per heavy atom. The number of fused-ring (bicyclic) bond motifs is 1. The number of amides is 1. The van der Waals surface area contributed by atoms with Gasteiger partial charge in [-0.15, -0.1) is 11.3 Å². The lowest BCUT2D eigenvalue weighted by Gasteiger charge is -2.18. The smallest absolute Gasteiger partial charge is 0.251 e. The van der Waals surface area contributed by atoms with Gasteiger partial charge in [0, 0.05) is 30.2 Å². The average molecular weight is 439 g/mol. The highest BCUT2D eigenvalue weighted by atomic mass is 32.2. The van der Waals surface area contributed by atoms with E-state index in [1.165, 1.54) is 38.8 Å². The Morgan fingerprint density at radius 3 is 2.76 bits per heavy atom. The van der Waals surface area contributed by atoms with Gasteiger partial charge in [-0.1, -0.05) is 20.8 Å². The molecular weight excluding hydrogens is 412 g/mol. The molecule has 10 heteroatoms. The Labute approximate surface area is 174 Å². The van der Waals surface area contributed by atoms with E-state index in [9.17, 15) is 18.0 Å². The summed E-state index contributed by atoms with van der Waals surface area (Å²) in [6, 6.07) is 2.45. The fourth-order valence-electron chi connectivity index (χ4n) is 3.40. The van der Waals surface area contributed by atoms with Crippen molar-refractivity contribution in [1.29, 1.82) is 0 Å². The van der Waals surface area contributed by atoms with Gasteiger partial charge in [-0.2, -0.15) is 4.31 Å². The number of nitrogens with one attached hydrogen (secondary N) is 1. The first-order valence-corrected chi connectivity index (χ1v) is 12.0. The molecule has 1 unspecified atom stereocenters. The van der Waals surface area contributed by atoms with Crippen LogP contribution in [0.4, 0.5) is 5.13 Å². The number of carbonyl (C=O) groups excluding carboxylic acids is 1. The predicted molar refractivity (Wildman–Crippen MR) is 113 cm³/mol. The van der Waals surface area contributed by atoms with E-state index in [4.69, 9.17) is 0 Å². The normalized spacial score (nSPS) is 16.6. The van der Waals surface area contributed by atoms with E-state index in [0.717, 1.165) is 29.5 Å². The van der Waals surface area contributed by atoms with Gasteiger partial charge in [0.15, 0.2) is 5.13 Å². The van der Waals surface area contributed by atoms with Crippen LogP contribution in [0.15, 0.2) is 28.0 Å². The molecule has 0 spiro atoms. The number of aryl methyl sites for hydroxylation is 1. The van der Waals surface area contributed by atoms with Crippen LogP contribution in [0.25, 0.3) is 0 Å². The maximum absolute atomic E-state index is 12.7. The Balaban J connectivity index is 1.76. The summed E-state index contributed by atoms with van der Waals surface area (Å²) in [5.74, 6) is 0.198. The van der Waals surface area contributed by atoms with Crippen molar-refractivity contribution >= 4 is 32.4 Å². The van der Waals surface area contributed by atoms with E-state index in [1.54, 1.807) is 13.8 Å². The Morgan fingerprint density at radius 2 is 2.07 bits per heavy atom. The van der Waals surface area contributed by atoms with Crippen LogP contribution in [-0.2, 0) is 34.2 Å². The molecule has 29 heavy (non-hydrogen) atoms. The van der Waals surface area contributed by atoms with Crippen molar-refractivity contribution in [2.24, 2.45) is 5.92 Å². The van der Waals surface area contributed by atoms with Gasteiger partial charge in [0.25, 0.3) is 5.56 Å². The molecule has 1 atom stereocenters. The molecule has 0 bridgehead atoms. The first-order chi connectivity index (χ1) is 13.7. The number of anilines is 1. The highest BCUT2D eigenvalue weighted by molar-refractivity contribution is 7.89. The third kappa shape index (κ3) is 4.76. The summed E-state index contributed by atoms with van der Waals surface area (Å²) in [4.78, 5) is 30.3. The minimum absolute atomic E-state index is 0.00713. The van der Waals surface area contributed by atoms with Crippen molar-refractivity contribution in [3.05, 3.63) is 39.3 Å². The minimum Gasteiger partial charge on any atom is -0.305 e. The van der Waals surface area contributed by atoms with Crippen LogP contribution in [-0.4, -0.2) is 41.3 Å². The van der Waals surface area contributed by atoms with Crippen LogP contribution in [0, 0.1) is 5.92 Å². The fraction of sp³-hybridized carbons (Fsp3) is 0.526. The molecule has 0 saturated heterocycles. The number of sulfonamides is 1. The lowest BCUT2D eigenvalue weighted by atomic mass is 9.93. The van der Waals surface area contributed by atoms with Crippen LogP contribution in [0.1, 0.15) is 37.8 Å². The number of rotatable bonds is 7. The van der Waals surface area contributed by atoms with Gasteiger partial charge in [0.2, 0.25) is 15.9 Å². The summed E-state index contributed by atoms with van der Waals surface area (Å²) in [5.41, 5.74) is 0.596. The third-order valence-electron chi connectivity index (χ3n) is 5.05. The zero-order valence-corrected chi connectivity index (χ0v) is 18.5. The average Bonchev–Trinajstić information content (AvgIpc) is 3.05. The van der Waals surface area contributed by atoms with Crippen LogP contribution in [0.2, 0.25) is 0 Å². The number of carbonyl (C=O) groups is 1. The molecule has 2 heterocycles. The molecule has 0 aromatic carbocycles. The van der Waals surface area contributed by atoms with Crippen LogP contribution < -0.4 is 10.9 Å². The number of thiazole rings is 1. The Kier molecular flexibility index (Phi) is 6.55. The fourth-order valence-corrected chi connectivity index (χ4v) is 6.07. The van der Waals surface area contributed by atoms with Crippen LogP contribution >= 0.6 is 11.3 Å². The topological polar surface area (TPSA) is 101 Å². The molecule has 3 rings (SSSR count). The maximum Gasteiger partial charge on any atom is 0.251 e. The Bertz CT molecular complexity index is 1050. The van der Waals surface area contributed by atoms with Gasteiger partial charge < -0.3 is 9.88 Å². The summed E-state index contributed by atoms with van der Waals surface area (Å²) in [6.45, 7) is 6.07. The second kappa shape index (κ2) is 8.76. The molecule has 1 amide bonds. The number of hydrogen-bond donors (Lipinski definition) is 1. The van der Waals surface area contributed by atoms with E-state index < -0.39 is 21.5 Å². The van der Waals surface area contributed by atoms with E-state index in [-0.39, 0.29) is 11.4 Å². The molecule has 1 N–H and O–H groups in total. The molecule has 0 saturated carbocycles. The summed E-state index contributed by atoms with van der Waals surface area (Å²) >= 11 is 1.47. The summed E-state index contributed by atoms with van der Waals surface area (Å²) in [6.07, 6.45) is 4.19. The second-order valence-electron chi connectivity index (χ2n) is 7.21. The molecule has 2 aromatic rings. The second-order valence-corrected chi connectivity index (χ2v) is 10.2. The number of nitrogens with zero attached hydrogens (tertiary/aromatic N) is 3. The van der Waals surface area contributed by atoms with Gasteiger partial charge in [-0.05, 0) is 31.2 Å². The van der Waals surface area contributed by atoms with Gasteiger partial charge in [0.1, 0.15) is 6.54 Å². The van der Waals surface area contributed by atoms with Crippen molar-refractivity contribution in [3.63, 3.8) is 0 Å². The number of aromatic nitrogens is 2. The summed E-state index contributed by atoms with van der Waals surface area (Å²) in [5, 5.41) is 3.26. The summed E-state index contributed by atoms with van der Waals surface area (Å²) < 4.78 is 27.8. The Hall–Kier alpha value is -2.04. The maximum atomic E-state index is 12.7. The van der Waals surface area contributed by atoms with E-state index in [2.05, 4.69) is 17.2 Å². The number of hydrogen-bond acceptors (Lipinski definition) is 6. The molecule has 0 fully saturated rings. The van der Waals surface area contributed by atoms with Crippen molar-refractivity contribution in [3.8, 4) is 0 Å². The van der Waals surface area contributed by atoms with Gasteiger partial charge >= 0.3 is 0 Å². The van der Waals surface area contributed by atoms with Crippen molar-refractivity contribution in [1.82, 2.24) is 13.9 Å². The highest BCUT2D eigenvalue weighted by Gasteiger charge is 2.23. The van der Waals surface area contributed by atoms with Crippen molar-refractivity contribution < 1.29 is 13.2 Å². The molecule has 1 aliphatic carbocycles. The lowest BCUT2D eigenvalue weighted by molar-refractivity contribution is -0.116. The van der Waals surface area contributed by atoms with Gasteiger partial charge in [0.05, 0.1) is 10.6 Å². The van der Waals surface area contributed by atoms with Gasteiger partial charge in [-0.3, -0.25) is 9.59 Å². The molecule has 158 valence electrons. The first kappa shape index (κ1) is 21.7. The quantitative estimate of drug-likeness (QED) is 0.713. The zero-order chi connectivity index (χ0) is 21.2. The monoisotopic (exact) mass is 438 g/mol. The molecule has 1 aliphatic rings. The van der Waals surface area contributed by atoms with Crippen LogP contribution in [0.3, 0.4) is 0 Å². The molecular formula is C19H26N4O4S2. The van der Waals surface area contributed by atoms with Crippen molar-refractivity contribution in [2.45, 2.75) is 51.5 Å². The van der Waals surface area contributed by atoms with E-state index in [1.807, 2.05) is 0 Å². The highest BCUT2D eigenvalue weighted by Crippen LogP contribution is 2.32. The van der Waals surface area contributed by atoms with Gasteiger partial charge in [-0.25, -0.2) is 13.4 Å². The molecule has 0 radical (unpaired) electrons. The third-order valence-corrected chi connectivity index (χ3v) is 8.11. The largest absolute Gasteiger partial charge is 0.305 e. The molecule has 0 aliphatic heterocycles. The SMILES string of the molecule is CCN(CC)S(=O)(=O)c1ccc(=O)n(CC(=O)Nc2nc3c(s2)CC(C)CC3)c1. The van der Waals surface area contributed by atoms with E-state index >= 15 is 0 Å². The van der Waals surface area contributed by atoms with Crippen molar-refractivity contribution in [2.75, 3.05) is 18.4 Å².